The molecule has 0 spiro atoms. The molecule has 0 aliphatic carbocycles. The summed E-state index contributed by atoms with van der Waals surface area (Å²) >= 11 is 0. The van der Waals surface area contributed by atoms with Crippen molar-refractivity contribution < 1.29 is 14.4 Å². The SMILES string of the molecule is CCCN(OCc1ccc(N)cc1)C(=O)C1=Cc2ccc(C(=O)N3CCN(c4ccccc4)CC3)cc2N=C(N)C1. The van der Waals surface area contributed by atoms with Gasteiger partial charge in [0.2, 0.25) is 0 Å². The summed E-state index contributed by atoms with van der Waals surface area (Å²) in [6, 6.07) is 23.0. The maximum atomic E-state index is 13.5. The van der Waals surface area contributed by atoms with Crippen LogP contribution in [0, 0.1) is 0 Å². The topological polar surface area (TPSA) is 117 Å². The molecule has 0 aromatic heterocycles. The van der Waals surface area contributed by atoms with Crippen LogP contribution in [0.3, 0.4) is 0 Å². The number of anilines is 2. The molecule has 9 nitrogen and oxygen atoms in total. The molecule has 2 amide bonds. The molecule has 9 heteroatoms. The van der Waals surface area contributed by atoms with Gasteiger partial charge in [0.1, 0.15) is 12.4 Å². The summed E-state index contributed by atoms with van der Waals surface area (Å²) in [5, 5.41) is 1.38. The predicted molar refractivity (Wildman–Crippen MR) is 163 cm³/mol. The molecule has 212 valence electrons. The second-order valence-electron chi connectivity index (χ2n) is 10.3. The zero-order valence-corrected chi connectivity index (χ0v) is 23.3. The molecule has 1 fully saturated rings. The number of benzene rings is 3. The fourth-order valence-corrected chi connectivity index (χ4v) is 5.00. The van der Waals surface area contributed by atoms with Crippen molar-refractivity contribution in [3.63, 3.8) is 0 Å². The maximum absolute atomic E-state index is 13.5. The Morgan fingerprint density at radius 1 is 0.951 bits per heavy atom. The quantitative estimate of drug-likeness (QED) is 0.316. The van der Waals surface area contributed by atoms with Gasteiger partial charge in [0.05, 0.1) is 5.69 Å². The van der Waals surface area contributed by atoms with Crippen LogP contribution >= 0.6 is 0 Å². The number of hydrogen-bond donors (Lipinski definition) is 2. The number of amides is 2. The number of nitrogens with zero attached hydrogens (tertiary/aromatic N) is 4. The van der Waals surface area contributed by atoms with E-state index in [9.17, 15) is 9.59 Å². The molecular formula is C32H36N6O3. The number of hydrogen-bond acceptors (Lipinski definition) is 7. The average molecular weight is 553 g/mol. The van der Waals surface area contributed by atoms with Crippen LogP contribution in [0.25, 0.3) is 6.08 Å². The van der Waals surface area contributed by atoms with E-state index in [1.165, 1.54) is 10.8 Å². The van der Waals surface area contributed by atoms with Crippen LogP contribution in [0.15, 0.2) is 83.4 Å². The lowest BCUT2D eigenvalue weighted by molar-refractivity contribution is -0.187. The van der Waals surface area contributed by atoms with Gasteiger partial charge < -0.3 is 21.3 Å². The van der Waals surface area contributed by atoms with E-state index < -0.39 is 0 Å². The van der Waals surface area contributed by atoms with E-state index in [1.54, 1.807) is 30.3 Å². The third kappa shape index (κ3) is 6.75. The van der Waals surface area contributed by atoms with Gasteiger partial charge in [-0.3, -0.25) is 14.4 Å². The molecule has 2 aliphatic heterocycles. The molecule has 0 atom stereocenters. The fourth-order valence-electron chi connectivity index (χ4n) is 5.00. The van der Waals surface area contributed by atoms with Crippen molar-refractivity contribution in [2.45, 2.75) is 26.4 Å². The number of nitrogen functional groups attached to an aromatic ring is 1. The highest BCUT2D eigenvalue weighted by Crippen LogP contribution is 2.29. The van der Waals surface area contributed by atoms with Gasteiger partial charge in [-0.15, -0.1) is 0 Å². The highest BCUT2D eigenvalue weighted by Gasteiger charge is 2.25. The van der Waals surface area contributed by atoms with Crippen LogP contribution in [-0.2, 0) is 16.2 Å². The van der Waals surface area contributed by atoms with E-state index in [-0.39, 0.29) is 24.8 Å². The van der Waals surface area contributed by atoms with Crippen LogP contribution < -0.4 is 16.4 Å². The van der Waals surface area contributed by atoms with E-state index in [1.807, 2.05) is 48.2 Å². The number of nitrogens with two attached hydrogens (primary N) is 2. The number of amidine groups is 1. The Morgan fingerprint density at radius 2 is 1.68 bits per heavy atom. The number of piperazine rings is 1. The van der Waals surface area contributed by atoms with E-state index >= 15 is 0 Å². The summed E-state index contributed by atoms with van der Waals surface area (Å²) in [7, 11) is 0. The Labute approximate surface area is 240 Å². The Balaban J connectivity index is 1.28. The highest BCUT2D eigenvalue weighted by molar-refractivity contribution is 6.05. The Kier molecular flexibility index (Phi) is 8.64. The number of carbonyl (C=O) groups excluding carboxylic acids is 2. The maximum Gasteiger partial charge on any atom is 0.273 e. The van der Waals surface area contributed by atoms with Gasteiger partial charge in [-0.2, -0.15) is 0 Å². The van der Waals surface area contributed by atoms with Gasteiger partial charge in [0.25, 0.3) is 11.8 Å². The second kappa shape index (κ2) is 12.7. The molecular weight excluding hydrogens is 516 g/mol. The lowest BCUT2D eigenvalue weighted by Gasteiger charge is -2.36. The van der Waals surface area contributed by atoms with Gasteiger partial charge in [0, 0.05) is 67.2 Å². The molecule has 2 aliphatic rings. The third-order valence-corrected chi connectivity index (χ3v) is 7.23. The van der Waals surface area contributed by atoms with Crippen molar-refractivity contribution in [3.8, 4) is 0 Å². The molecule has 1 saturated heterocycles. The second-order valence-corrected chi connectivity index (χ2v) is 10.3. The summed E-state index contributed by atoms with van der Waals surface area (Å²) in [6.45, 7) is 5.48. The molecule has 0 unspecified atom stereocenters. The molecule has 0 radical (unpaired) electrons. The summed E-state index contributed by atoms with van der Waals surface area (Å²) < 4.78 is 0. The smallest absolute Gasteiger partial charge is 0.273 e. The molecule has 2 heterocycles. The van der Waals surface area contributed by atoms with Gasteiger partial charge in [-0.05, 0) is 54.5 Å². The molecule has 3 aromatic carbocycles. The van der Waals surface area contributed by atoms with Crippen molar-refractivity contribution >= 4 is 40.8 Å². The minimum Gasteiger partial charge on any atom is -0.399 e. The average Bonchev–Trinajstić information content (AvgIpc) is 3.17. The summed E-state index contributed by atoms with van der Waals surface area (Å²) in [5.74, 6) is 0.00754. The monoisotopic (exact) mass is 552 g/mol. The number of aliphatic imine (C=N–C) groups is 1. The van der Waals surface area contributed by atoms with E-state index in [4.69, 9.17) is 16.3 Å². The van der Waals surface area contributed by atoms with Crippen LogP contribution in [-0.4, -0.2) is 60.3 Å². The minimum absolute atomic E-state index is 0.0380. The van der Waals surface area contributed by atoms with Crippen LogP contribution in [0.5, 0.6) is 0 Å². The van der Waals surface area contributed by atoms with Gasteiger partial charge in [0.15, 0.2) is 0 Å². The highest BCUT2D eigenvalue weighted by atomic mass is 16.7. The van der Waals surface area contributed by atoms with Crippen molar-refractivity contribution in [2.24, 2.45) is 10.7 Å². The zero-order valence-electron chi connectivity index (χ0n) is 23.3. The fraction of sp³-hybridized carbons (Fsp3) is 0.281. The number of rotatable bonds is 8. The first-order valence-corrected chi connectivity index (χ1v) is 14.0. The number of fused-ring (bicyclic) bond motifs is 1. The first-order chi connectivity index (χ1) is 19.9. The van der Waals surface area contributed by atoms with Crippen LogP contribution in [0.1, 0.15) is 41.3 Å². The summed E-state index contributed by atoms with van der Waals surface area (Å²) in [5.41, 5.74) is 17.1. The Morgan fingerprint density at radius 3 is 2.39 bits per heavy atom. The van der Waals surface area contributed by atoms with Gasteiger partial charge >= 0.3 is 0 Å². The lowest BCUT2D eigenvalue weighted by Crippen LogP contribution is -2.48. The molecule has 3 aromatic rings. The lowest BCUT2D eigenvalue weighted by atomic mass is 10.0. The molecule has 41 heavy (non-hydrogen) atoms. The number of para-hydroxylation sites is 1. The normalized spacial score (nSPS) is 15.0. The predicted octanol–water partition coefficient (Wildman–Crippen LogP) is 4.38. The van der Waals surface area contributed by atoms with Crippen molar-refractivity contribution in [1.82, 2.24) is 9.96 Å². The largest absolute Gasteiger partial charge is 0.399 e. The van der Waals surface area contributed by atoms with Crippen LogP contribution in [0.4, 0.5) is 17.1 Å². The minimum atomic E-state index is -0.260. The van der Waals surface area contributed by atoms with E-state index in [0.717, 1.165) is 30.6 Å². The molecule has 5 rings (SSSR count). The Hall–Kier alpha value is -4.63. The van der Waals surface area contributed by atoms with E-state index in [2.05, 4.69) is 22.0 Å². The summed E-state index contributed by atoms with van der Waals surface area (Å²) in [4.78, 5) is 41.5. The molecule has 4 N–H and O–H groups in total. The molecule has 0 bridgehead atoms. The molecule has 0 saturated carbocycles. The first-order valence-electron chi connectivity index (χ1n) is 14.0. The number of hydroxylamine groups is 2. The zero-order chi connectivity index (χ0) is 28.8. The Bertz CT molecular complexity index is 1440. The van der Waals surface area contributed by atoms with E-state index in [0.29, 0.717) is 48.0 Å². The number of carbonyl (C=O) groups is 2. The third-order valence-electron chi connectivity index (χ3n) is 7.23. The van der Waals surface area contributed by atoms with Gasteiger partial charge in [-0.25, -0.2) is 10.1 Å². The first kappa shape index (κ1) is 27.9. The van der Waals surface area contributed by atoms with Crippen LogP contribution in [0.2, 0.25) is 0 Å². The van der Waals surface area contributed by atoms with Gasteiger partial charge in [-0.1, -0.05) is 43.3 Å². The van der Waals surface area contributed by atoms with Crippen molar-refractivity contribution in [2.75, 3.05) is 43.4 Å². The standard InChI is InChI=1S/C32H36N6O3/c1-2-14-38(41-22-23-8-12-27(33)13-9-23)32(40)26-19-24-10-11-25(20-29(24)35-30(34)21-26)31(39)37-17-15-36(16-18-37)28-6-4-3-5-7-28/h3-13,19-20H,2,14-18,21-22,33H2,1H3,(H2,34,35). The summed E-state index contributed by atoms with van der Waals surface area (Å²) in [6.07, 6.45) is 2.71. The van der Waals surface area contributed by atoms with Crippen molar-refractivity contribution in [3.05, 3.63) is 95.1 Å². The van der Waals surface area contributed by atoms with Crippen molar-refractivity contribution in [1.29, 1.82) is 0 Å².